The molecule has 1 rings (SSSR count). The van der Waals surface area contributed by atoms with Crippen LogP contribution in [0.1, 0.15) is 12.5 Å². The smallest absolute Gasteiger partial charge is 0.407 e. The van der Waals surface area contributed by atoms with Gasteiger partial charge in [-0.1, -0.05) is 0 Å². The maximum Gasteiger partial charge on any atom is 0.407 e. The fourth-order valence-corrected chi connectivity index (χ4v) is 1.08. The largest absolute Gasteiger partial charge is 0.450 e. The Balaban J connectivity index is 2.70. The summed E-state index contributed by atoms with van der Waals surface area (Å²) >= 11 is 0. The summed E-state index contributed by atoms with van der Waals surface area (Å²) in [5, 5.41) is 2.14. The van der Waals surface area contributed by atoms with E-state index < -0.39 is 35.7 Å². The molecule has 0 radical (unpaired) electrons. The van der Waals surface area contributed by atoms with Gasteiger partial charge in [-0.3, -0.25) is 0 Å². The highest BCUT2D eigenvalue weighted by Crippen LogP contribution is 2.14. The van der Waals surface area contributed by atoms with E-state index in [-0.39, 0.29) is 6.61 Å². The zero-order chi connectivity index (χ0) is 12.1. The summed E-state index contributed by atoms with van der Waals surface area (Å²) in [7, 11) is 0. The van der Waals surface area contributed by atoms with Crippen molar-refractivity contribution in [1.82, 2.24) is 5.32 Å². The second-order valence-electron chi connectivity index (χ2n) is 2.92. The van der Waals surface area contributed by atoms with Crippen LogP contribution in [0.5, 0.6) is 0 Å². The molecule has 0 heterocycles. The van der Waals surface area contributed by atoms with E-state index in [1.54, 1.807) is 6.92 Å². The third-order valence-corrected chi connectivity index (χ3v) is 1.79. The first kappa shape index (κ1) is 12.4. The van der Waals surface area contributed by atoms with Crippen LogP contribution in [0.4, 0.5) is 18.0 Å². The summed E-state index contributed by atoms with van der Waals surface area (Å²) in [6.07, 6.45) is -0.786. The molecule has 1 amide bonds. The van der Waals surface area contributed by atoms with Gasteiger partial charge in [0, 0.05) is 17.7 Å². The van der Waals surface area contributed by atoms with Crippen molar-refractivity contribution in [3.63, 3.8) is 0 Å². The molecule has 0 saturated carbocycles. The van der Waals surface area contributed by atoms with Crippen LogP contribution in [0, 0.1) is 17.5 Å². The summed E-state index contributed by atoms with van der Waals surface area (Å²) in [5.74, 6) is -3.10. The summed E-state index contributed by atoms with van der Waals surface area (Å²) in [5.41, 5.74) is -0.408. The number of nitrogens with one attached hydrogen (secondary N) is 1. The lowest BCUT2D eigenvalue weighted by Crippen LogP contribution is -2.24. The number of rotatable bonds is 3. The lowest BCUT2D eigenvalue weighted by atomic mass is 10.2. The molecule has 1 N–H and O–H groups in total. The van der Waals surface area contributed by atoms with Gasteiger partial charge in [0.15, 0.2) is 0 Å². The minimum atomic E-state index is -1.05. The highest BCUT2D eigenvalue weighted by molar-refractivity contribution is 5.67. The Morgan fingerprint density at radius 1 is 1.31 bits per heavy atom. The highest BCUT2D eigenvalue weighted by atomic mass is 19.1. The van der Waals surface area contributed by atoms with E-state index in [1.165, 1.54) is 0 Å². The van der Waals surface area contributed by atoms with E-state index in [2.05, 4.69) is 10.1 Å². The molecule has 16 heavy (non-hydrogen) atoms. The minimum Gasteiger partial charge on any atom is -0.450 e. The molecule has 0 aromatic heterocycles. The number of amides is 1. The number of ether oxygens (including phenoxy) is 1. The van der Waals surface area contributed by atoms with Gasteiger partial charge < -0.3 is 10.1 Å². The number of hydrogen-bond donors (Lipinski definition) is 1. The van der Waals surface area contributed by atoms with Crippen molar-refractivity contribution in [2.24, 2.45) is 0 Å². The van der Waals surface area contributed by atoms with E-state index in [1.807, 2.05) is 0 Å². The Labute approximate surface area is 90.2 Å². The Kier molecular flexibility index (Phi) is 4.16. The maximum absolute atomic E-state index is 13.1. The van der Waals surface area contributed by atoms with Gasteiger partial charge in [-0.15, -0.1) is 0 Å². The Morgan fingerprint density at radius 3 is 2.38 bits per heavy atom. The Hall–Kier alpha value is -1.72. The van der Waals surface area contributed by atoms with Crippen LogP contribution in [0.3, 0.4) is 0 Å². The molecule has 0 aliphatic rings. The third kappa shape index (κ3) is 3.15. The fraction of sp³-hybridized carbons (Fsp3) is 0.300. The van der Waals surface area contributed by atoms with Crippen LogP contribution in [0.15, 0.2) is 12.1 Å². The number of benzene rings is 1. The molecule has 0 atom stereocenters. The molecule has 0 unspecified atom stereocenters. The molecule has 0 spiro atoms. The van der Waals surface area contributed by atoms with E-state index in [0.29, 0.717) is 12.1 Å². The van der Waals surface area contributed by atoms with Gasteiger partial charge in [-0.2, -0.15) is 0 Å². The highest BCUT2D eigenvalue weighted by Gasteiger charge is 2.12. The molecule has 6 heteroatoms. The topological polar surface area (TPSA) is 38.3 Å². The predicted octanol–water partition coefficient (Wildman–Crippen LogP) is 2.35. The third-order valence-electron chi connectivity index (χ3n) is 1.79. The standard InChI is InChI=1S/C10H10F3NO2/c1-2-16-10(15)14-5-7-8(12)3-6(11)4-9(7)13/h3-4H,2,5H2,1H3,(H,14,15). The zero-order valence-corrected chi connectivity index (χ0v) is 8.52. The van der Waals surface area contributed by atoms with E-state index in [4.69, 9.17) is 0 Å². The molecule has 88 valence electrons. The van der Waals surface area contributed by atoms with Crippen molar-refractivity contribution < 1.29 is 22.7 Å². The summed E-state index contributed by atoms with van der Waals surface area (Å²) in [6, 6.07) is 1.09. The minimum absolute atomic E-state index is 0.153. The van der Waals surface area contributed by atoms with Gasteiger partial charge in [0.25, 0.3) is 0 Å². The van der Waals surface area contributed by atoms with E-state index in [9.17, 15) is 18.0 Å². The molecule has 0 bridgehead atoms. The molecule has 0 fully saturated rings. The number of carbonyl (C=O) groups excluding carboxylic acids is 1. The molecule has 1 aromatic carbocycles. The second kappa shape index (κ2) is 5.39. The SMILES string of the molecule is CCOC(=O)NCc1c(F)cc(F)cc1F. The quantitative estimate of drug-likeness (QED) is 0.870. The van der Waals surface area contributed by atoms with Crippen LogP contribution in [0.2, 0.25) is 0 Å². The number of hydrogen-bond acceptors (Lipinski definition) is 2. The van der Waals surface area contributed by atoms with Crippen molar-refractivity contribution >= 4 is 6.09 Å². The molecule has 0 saturated heterocycles. The predicted molar refractivity (Wildman–Crippen MR) is 50.2 cm³/mol. The first-order valence-corrected chi connectivity index (χ1v) is 4.58. The van der Waals surface area contributed by atoms with Gasteiger partial charge >= 0.3 is 6.09 Å². The van der Waals surface area contributed by atoms with Crippen LogP contribution in [-0.4, -0.2) is 12.7 Å². The van der Waals surface area contributed by atoms with Crippen molar-refractivity contribution in [2.75, 3.05) is 6.61 Å². The summed E-state index contributed by atoms with van der Waals surface area (Å²) in [6.45, 7) is 1.36. The Bertz CT molecular complexity index is 373. The average Bonchev–Trinajstić information content (AvgIpc) is 2.16. The van der Waals surface area contributed by atoms with Crippen LogP contribution < -0.4 is 5.32 Å². The Morgan fingerprint density at radius 2 is 1.88 bits per heavy atom. The zero-order valence-electron chi connectivity index (χ0n) is 8.52. The molecule has 3 nitrogen and oxygen atoms in total. The first-order chi connectivity index (χ1) is 7.54. The van der Waals surface area contributed by atoms with E-state index >= 15 is 0 Å². The van der Waals surface area contributed by atoms with Crippen LogP contribution in [0.25, 0.3) is 0 Å². The van der Waals surface area contributed by atoms with Gasteiger partial charge in [-0.25, -0.2) is 18.0 Å². The van der Waals surface area contributed by atoms with Gasteiger partial charge in [-0.05, 0) is 6.92 Å². The van der Waals surface area contributed by atoms with E-state index in [0.717, 1.165) is 0 Å². The first-order valence-electron chi connectivity index (χ1n) is 4.58. The maximum atomic E-state index is 13.1. The monoisotopic (exact) mass is 233 g/mol. The average molecular weight is 233 g/mol. The van der Waals surface area contributed by atoms with Crippen molar-refractivity contribution in [3.8, 4) is 0 Å². The summed E-state index contributed by atoms with van der Waals surface area (Å²) in [4.78, 5) is 10.9. The molecular formula is C10H10F3NO2. The van der Waals surface area contributed by atoms with Crippen LogP contribution >= 0.6 is 0 Å². The normalized spacial score (nSPS) is 10.0. The van der Waals surface area contributed by atoms with Crippen LogP contribution in [-0.2, 0) is 11.3 Å². The molecule has 0 aliphatic carbocycles. The van der Waals surface area contributed by atoms with Crippen molar-refractivity contribution in [1.29, 1.82) is 0 Å². The molecule has 1 aromatic rings. The van der Waals surface area contributed by atoms with Crippen molar-refractivity contribution in [3.05, 3.63) is 35.1 Å². The lowest BCUT2D eigenvalue weighted by Gasteiger charge is -2.07. The number of alkyl carbamates (subject to hydrolysis) is 1. The second-order valence-corrected chi connectivity index (χ2v) is 2.92. The van der Waals surface area contributed by atoms with Crippen molar-refractivity contribution in [2.45, 2.75) is 13.5 Å². The number of carbonyl (C=O) groups is 1. The molecule has 0 aliphatic heterocycles. The van der Waals surface area contributed by atoms with Gasteiger partial charge in [0.05, 0.1) is 13.2 Å². The van der Waals surface area contributed by atoms with Gasteiger partial charge in [0.1, 0.15) is 17.5 Å². The summed E-state index contributed by atoms with van der Waals surface area (Å²) < 4.78 is 43.2. The fourth-order valence-electron chi connectivity index (χ4n) is 1.08. The molecular weight excluding hydrogens is 223 g/mol. The van der Waals surface area contributed by atoms with Gasteiger partial charge in [0.2, 0.25) is 0 Å². The number of halogens is 3. The lowest BCUT2D eigenvalue weighted by molar-refractivity contribution is 0.151.